The second kappa shape index (κ2) is 8.13. The van der Waals surface area contributed by atoms with Crippen LogP contribution in [0.2, 0.25) is 10.0 Å². The number of halogens is 3. The average molecular weight is 539 g/mol. The lowest BCUT2D eigenvalue weighted by Gasteiger charge is -2.27. The Bertz CT molecular complexity index is 1230. The molecule has 0 spiro atoms. The van der Waals surface area contributed by atoms with Gasteiger partial charge in [-0.25, -0.2) is 15.0 Å². The molecule has 168 valence electrons. The Morgan fingerprint density at radius 2 is 2.03 bits per heavy atom. The second-order valence-electron chi connectivity index (χ2n) is 8.68. The summed E-state index contributed by atoms with van der Waals surface area (Å²) < 4.78 is 2.59. The summed E-state index contributed by atoms with van der Waals surface area (Å²) in [6.07, 6.45) is 6.48. The van der Waals surface area contributed by atoms with Crippen LogP contribution in [0.1, 0.15) is 31.2 Å². The van der Waals surface area contributed by atoms with Crippen molar-refractivity contribution in [3.63, 3.8) is 0 Å². The minimum atomic E-state index is -0.862. The van der Waals surface area contributed by atoms with Gasteiger partial charge in [0.15, 0.2) is 17.2 Å². The zero-order chi connectivity index (χ0) is 22.6. The highest BCUT2D eigenvalue weighted by molar-refractivity contribution is 9.10. The SMILES string of the molecule is Nc1ncnc2c1ncn2Cc1c(Br)c(Cl)cc(Cl)c1N1CC[C@](N)(C(=O)CC2CC2)C1. The average Bonchev–Trinajstić information content (AvgIpc) is 3.33. The van der Waals surface area contributed by atoms with Crippen molar-refractivity contribution in [1.82, 2.24) is 19.5 Å². The number of hydrogen-bond acceptors (Lipinski definition) is 7. The van der Waals surface area contributed by atoms with Crippen molar-refractivity contribution >= 4 is 67.6 Å². The molecule has 2 aliphatic rings. The van der Waals surface area contributed by atoms with Crippen LogP contribution in [-0.4, -0.2) is 43.9 Å². The Hall–Kier alpha value is -1.94. The van der Waals surface area contributed by atoms with Crippen LogP contribution in [0.4, 0.5) is 11.5 Å². The fourth-order valence-corrected chi connectivity index (χ4v) is 5.39. The minimum absolute atomic E-state index is 0.140. The summed E-state index contributed by atoms with van der Waals surface area (Å²) in [6.45, 7) is 1.44. The van der Waals surface area contributed by atoms with Gasteiger partial charge in [0.1, 0.15) is 11.8 Å². The largest absolute Gasteiger partial charge is 0.382 e. The Labute approximate surface area is 203 Å². The molecule has 0 bridgehead atoms. The number of aromatic nitrogens is 4. The standard InChI is InChI=1S/C21H22BrCl2N7O/c22-16-12(7-31-10-29-17-19(25)27-9-28-20(17)31)18(14(24)6-13(16)23)30-4-3-21(26,8-30)15(32)5-11-1-2-11/h6,9-11H,1-5,7-8,26H2,(H2,25,27,28)/t21-/m1/s1. The molecule has 11 heteroatoms. The first kappa shape index (κ1) is 21.9. The molecule has 0 amide bonds. The molecule has 1 aromatic carbocycles. The molecule has 0 unspecified atom stereocenters. The third-order valence-electron chi connectivity index (χ3n) is 6.34. The molecule has 1 saturated heterocycles. The lowest BCUT2D eigenvalue weighted by molar-refractivity contribution is -0.123. The number of ketones is 1. The number of carbonyl (C=O) groups excluding carboxylic acids is 1. The molecule has 2 fully saturated rings. The van der Waals surface area contributed by atoms with Crippen LogP contribution < -0.4 is 16.4 Å². The molecule has 32 heavy (non-hydrogen) atoms. The lowest BCUT2D eigenvalue weighted by Crippen LogP contribution is -2.50. The van der Waals surface area contributed by atoms with Crippen molar-refractivity contribution < 1.29 is 4.79 Å². The third kappa shape index (κ3) is 3.85. The van der Waals surface area contributed by atoms with Crippen LogP contribution in [0.3, 0.4) is 0 Å². The molecule has 8 nitrogen and oxygen atoms in total. The zero-order valence-corrected chi connectivity index (χ0v) is 20.3. The third-order valence-corrected chi connectivity index (χ3v) is 8.06. The Balaban J connectivity index is 1.51. The molecule has 1 atom stereocenters. The zero-order valence-electron chi connectivity index (χ0n) is 17.2. The topological polar surface area (TPSA) is 116 Å². The lowest BCUT2D eigenvalue weighted by atomic mass is 9.91. The number of nitrogens with two attached hydrogens (primary N) is 2. The maximum absolute atomic E-state index is 12.9. The highest BCUT2D eigenvalue weighted by atomic mass is 79.9. The van der Waals surface area contributed by atoms with E-state index < -0.39 is 5.54 Å². The van der Waals surface area contributed by atoms with Crippen molar-refractivity contribution in [2.45, 2.75) is 37.8 Å². The quantitative estimate of drug-likeness (QED) is 0.458. The summed E-state index contributed by atoms with van der Waals surface area (Å²) in [5, 5.41) is 1.00. The van der Waals surface area contributed by atoms with Gasteiger partial charge in [0.05, 0.1) is 34.1 Å². The molecule has 1 saturated carbocycles. The van der Waals surface area contributed by atoms with Crippen molar-refractivity contribution in [2.75, 3.05) is 23.7 Å². The van der Waals surface area contributed by atoms with Gasteiger partial charge in [-0.2, -0.15) is 0 Å². The first-order valence-electron chi connectivity index (χ1n) is 10.4. The summed E-state index contributed by atoms with van der Waals surface area (Å²) in [6, 6.07) is 1.71. The van der Waals surface area contributed by atoms with E-state index >= 15 is 0 Å². The van der Waals surface area contributed by atoms with Crippen molar-refractivity contribution in [2.24, 2.45) is 11.7 Å². The summed E-state index contributed by atoms with van der Waals surface area (Å²) in [7, 11) is 0. The smallest absolute Gasteiger partial charge is 0.165 e. The molecular weight excluding hydrogens is 517 g/mol. The Morgan fingerprint density at radius 3 is 2.78 bits per heavy atom. The maximum Gasteiger partial charge on any atom is 0.165 e. The molecule has 4 N–H and O–H groups in total. The Kier molecular flexibility index (Phi) is 5.56. The van der Waals surface area contributed by atoms with Gasteiger partial charge in [-0.15, -0.1) is 0 Å². The van der Waals surface area contributed by atoms with Gasteiger partial charge in [0.2, 0.25) is 0 Å². The van der Waals surface area contributed by atoms with E-state index in [2.05, 4.69) is 35.8 Å². The van der Waals surface area contributed by atoms with Crippen LogP contribution in [0, 0.1) is 5.92 Å². The van der Waals surface area contributed by atoms with Crippen LogP contribution in [0.15, 0.2) is 23.2 Å². The van der Waals surface area contributed by atoms with Gasteiger partial charge >= 0.3 is 0 Å². The van der Waals surface area contributed by atoms with Crippen LogP contribution in [-0.2, 0) is 11.3 Å². The highest BCUT2D eigenvalue weighted by Crippen LogP contribution is 2.43. The molecule has 3 aromatic rings. The van der Waals surface area contributed by atoms with Gasteiger partial charge in [0.25, 0.3) is 0 Å². The molecule has 3 heterocycles. The predicted molar refractivity (Wildman–Crippen MR) is 129 cm³/mol. The van der Waals surface area contributed by atoms with E-state index in [1.54, 1.807) is 12.4 Å². The molecule has 5 rings (SSSR count). The number of hydrogen-bond donors (Lipinski definition) is 2. The van der Waals surface area contributed by atoms with Gasteiger partial charge in [-0.3, -0.25) is 4.79 Å². The van der Waals surface area contributed by atoms with Crippen LogP contribution in [0.25, 0.3) is 11.2 Å². The van der Waals surface area contributed by atoms with E-state index in [-0.39, 0.29) is 5.78 Å². The van der Waals surface area contributed by atoms with E-state index in [0.29, 0.717) is 65.4 Å². The van der Waals surface area contributed by atoms with Crippen molar-refractivity contribution in [3.8, 4) is 0 Å². The second-order valence-corrected chi connectivity index (χ2v) is 10.3. The summed E-state index contributed by atoms with van der Waals surface area (Å²) in [5.41, 5.74) is 14.5. The molecular formula is C21H22BrCl2N7O. The Morgan fingerprint density at radius 1 is 1.25 bits per heavy atom. The molecule has 0 radical (unpaired) electrons. The number of carbonyl (C=O) groups is 1. The van der Waals surface area contributed by atoms with E-state index in [1.165, 1.54) is 6.33 Å². The number of Topliss-reactive ketones (excluding diaryl/α,β-unsaturated/α-hetero) is 1. The fourth-order valence-electron chi connectivity index (χ4n) is 4.35. The number of benzene rings is 1. The van der Waals surface area contributed by atoms with E-state index in [1.807, 2.05) is 4.57 Å². The molecule has 2 aromatic heterocycles. The number of nitrogens with zero attached hydrogens (tertiary/aromatic N) is 5. The number of rotatable bonds is 6. The number of nitrogen functional groups attached to an aromatic ring is 1. The summed E-state index contributed by atoms with van der Waals surface area (Å²) in [4.78, 5) is 27.6. The minimum Gasteiger partial charge on any atom is -0.382 e. The number of anilines is 2. The highest BCUT2D eigenvalue weighted by Gasteiger charge is 2.43. The number of imidazole rings is 1. The normalized spacial score (nSPS) is 20.9. The van der Waals surface area contributed by atoms with Crippen molar-refractivity contribution in [1.29, 1.82) is 0 Å². The first-order valence-corrected chi connectivity index (χ1v) is 12.0. The molecule has 1 aliphatic heterocycles. The summed E-state index contributed by atoms with van der Waals surface area (Å²) >= 11 is 16.8. The van der Waals surface area contributed by atoms with E-state index in [4.69, 9.17) is 34.7 Å². The van der Waals surface area contributed by atoms with E-state index in [9.17, 15) is 4.79 Å². The first-order chi connectivity index (χ1) is 15.3. The van der Waals surface area contributed by atoms with Gasteiger partial charge in [-0.1, -0.05) is 23.2 Å². The van der Waals surface area contributed by atoms with Gasteiger partial charge < -0.3 is 20.9 Å². The summed E-state index contributed by atoms with van der Waals surface area (Å²) in [5.74, 6) is 0.963. The fraction of sp³-hybridized carbons (Fsp3) is 0.429. The predicted octanol–water partition coefficient (Wildman–Crippen LogP) is 3.80. The number of fused-ring (bicyclic) bond motifs is 1. The molecule has 1 aliphatic carbocycles. The van der Waals surface area contributed by atoms with Crippen LogP contribution in [0.5, 0.6) is 0 Å². The van der Waals surface area contributed by atoms with Crippen LogP contribution >= 0.6 is 39.1 Å². The van der Waals surface area contributed by atoms with Crippen molar-refractivity contribution in [3.05, 3.63) is 38.8 Å². The monoisotopic (exact) mass is 537 g/mol. The van der Waals surface area contributed by atoms with E-state index in [0.717, 1.165) is 28.6 Å². The van der Waals surface area contributed by atoms with Gasteiger partial charge in [-0.05, 0) is 47.2 Å². The van der Waals surface area contributed by atoms with Gasteiger partial charge in [0, 0.05) is 29.5 Å². The maximum atomic E-state index is 12.9.